The van der Waals surface area contributed by atoms with Gasteiger partial charge in [-0.3, -0.25) is 4.79 Å². The molecule has 2 N–H and O–H groups in total. The molecule has 0 bridgehead atoms. The molecule has 1 rings (SSSR count). The highest BCUT2D eigenvalue weighted by atomic mass is 16.4. The predicted molar refractivity (Wildman–Crippen MR) is 58.6 cm³/mol. The van der Waals surface area contributed by atoms with Crippen LogP contribution in [0.1, 0.15) is 46.0 Å². The van der Waals surface area contributed by atoms with Gasteiger partial charge in [-0.05, 0) is 31.8 Å². The summed E-state index contributed by atoms with van der Waals surface area (Å²) in [4.78, 5) is 11.2. The van der Waals surface area contributed by atoms with Gasteiger partial charge < -0.3 is 10.2 Å². The summed E-state index contributed by atoms with van der Waals surface area (Å²) >= 11 is 0. The number of carboxylic acid groups (broad SMARTS) is 1. The van der Waals surface area contributed by atoms with E-state index in [1.807, 2.05) is 19.9 Å². The van der Waals surface area contributed by atoms with Crippen LogP contribution in [0.2, 0.25) is 0 Å². The molecule has 0 fully saturated rings. The molecule has 0 heterocycles. The van der Waals surface area contributed by atoms with Gasteiger partial charge in [-0.25, -0.2) is 0 Å². The molecule has 1 aliphatic carbocycles. The molecule has 0 aliphatic heterocycles. The fourth-order valence-corrected chi connectivity index (χ4v) is 2.31. The van der Waals surface area contributed by atoms with E-state index in [1.54, 1.807) is 0 Å². The molecule has 86 valence electrons. The highest BCUT2D eigenvalue weighted by molar-refractivity contribution is 5.72. The summed E-state index contributed by atoms with van der Waals surface area (Å²) in [6, 6.07) is 0. The Balaban J connectivity index is 2.79. The van der Waals surface area contributed by atoms with Crippen molar-refractivity contribution in [3.63, 3.8) is 0 Å². The van der Waals surface area contributed by atoms with E-state index < -0.39 is 17.5 Å². The number of unbranched alkanes of at least 4 members (excludes halogenated alkanes) is 1. The van der Waals surface area contributed by atoms with Crippen molar-refractivity contribution in [1.82, 2.24) is 0 Å². The third-order valence-electron chi connectivity index (χ3n) is 3.38. The van der Waals surface area contributed by atoms with Crippen molar-refractivity contribution >= 4 is 5.97 Å². The summed E-state index contributed by atoms with van der Waals surface area (Å²) in [7, 11) is 0. The van der Waals surface area contributed by atoms with Crippen molar-refractivity contribution in [3.8, 4) is 0 Å². The number of aliphatic carboxylic acids is 1. The lowest BCUT2D eigenvalue weighted by Crippen LogP contribution is -2.41. The Kier molecular flexibility index (Phi) is 3.91. The van der Waals surface area contributed by atoms with E-state index in [-0.39, 0.29) is 0 Å². The lowest BCUT2D eigenvalue weighted by Gasteiger charge is -2.31. The van der Waals surface area contributed by atoms with Crippen LogP contribution < -0.4 is 0 Å². The Morgan fingerprint density at radius 2 is 2.33 bits per heavy atom. The third kappa shape index (κ3) is 2.40. The molecule has 0 saturated carbocycles. The van der Waals surface area contributed by atoms with E-state index in [2.05, 4.69) is 0 Å². The van der Waals surface area contributed by atoms with Crippen molar-refractivity contribution in [1.29, 1.82) is 0 Å². The van der Waals surface area contributed by atoms with E-state index in [1.165, 1.54) is 0 Å². The van der Waals surface area contributed by atoms with E-state index in [0.717, 1.165) is 24.8 Å². The maximum absolute atomic E-state index is 11.2. The van der Waals surface area contributed by atoms with Crippen LogP contribution >= 0.6 is 0 Å². The van der Waals surface area contributed by atoms with Gasteiger partial charge in [0.1, 0.15) is 0 Å². The first-order chi connectivity index (χ1) is 7.02. The molecule has 0 aromatic rings. The maximum atomic E-state index is 11.2. The molecule has 0 amide bonds. The van der Waals surface area contributed by atoms with Gasteiger partial charge in [-0.1, -0.05) is 25.8 Å². The van der Waals surface area contributed by atoms with E-state index >= 15 is 0 Å². The molecule has 15 heavy (non-hydrogen) atoms. The minimum Gasteiger partial charge on any atom is -0.481 e. The quantitative estimate of drug-likeness (QED) is 0.688. The molecule has 0 aromatic carbocycles. The first-order valence-corrected chi connectivity index (χ1v) is 5.64. The SMILES string of the molecule is CCCCC(C(=O)O)C1(O)CCC=C1C. The zero-order chi connectivity index (χ0) is 11.5. The van der Waals surface area contributed by atoms with Crippen LogP contribution in [0, 0.1) is 5.92 Å². The number of carboxylic acids is 1. The maximum Gasteiger partial charge on any atom is 0.309 e. The molecule has 2 atom stereocenters. The van der Waals surface area contributed by atoms with Crippen molar-refractivity contribution in [2.45, 2.75) is 51.6 Å². The van der Waals surface area contributed by atoms with Crippen LogP contribution in [0.25, 0.3) is 0 Å². The minimum absolute atomic E-state index is 0.555. The number of hydrogen-bond donors (Lipinski definition) is 2. The Bertz CT molecular complexity index is 270. The highest BCUT2D eigenvalue weighted by Gasteiger charge is 2.43. The zero-order valence-corrected chi connectivity index (χ0v) is 9.49. The van der Waals surface area contributed by atoms with E-state index in [9.17, 15) is 9.90 Å². The lowest BCUT2D eigenvalue weighted by molar-refractivity contribution is -0.150. The van der Waals surface area contributed by atoms with Crippen LogP contribution in [0.4, 0.5) is 0 Å². The second kappa shape index (κ2) is 4.79. The Labute approximate surface area is 90.8 Å². The molecule has 1 aliphatic rings. The second-order valence-electron chi connectivity index (χ2n) is 4.38. The summed E-state index contributed by atoms with van der Waals surface area (Å²) in [6.07, 6.45) is 5.67. The summed E-state index contributed by atoms with van der Waals surface area (Å²) in [5, 5.41) is 19.5. The minimum atomic E-state index is -1.10. The summed E-state index contributed by atoms with van der Waals surface area (Å²) in [5.74, 6) is -1.52. The molecule has 0 saturated heterocycles. The van der Waals surface area contributed by atoms with Gasteiger partial charge in [0.05, 0.1) is 11.5 Å². The van der Waals surface area contributed by atoms with E-state index in [0.29, 0.717) is 12.8 Å². The first-order valence-electron chi connectivity index (χ1n) is 5.64. The van der Waals surface area contributed by atoms with Crippen LogP contribution in [0.3, 0.4) is 0 Å². The fourth-order valence-electron chi connectivity index (χ4n) is 2.31. The highest BCUT2D eigenvalue weighted by Crippen LogP contribution is 2.38. The van der Waals surface area contributed by atoms with Crippen molar-refractivity contribution in [2.75, 3.05) is 0 Å². The molecular weight excluding hydrogens is 192 g/mol. The van der Waals surface area contributed by atoms with E-state index in [4.69, 9.17) is 5.11 Å². The van der Waals surface area contributed by atoms with Gasteiger partial charge in [0.25, 0.3) is 0 Å². The molecule has 2 unspecified atom stereocenters. The predicted octanol–water partition coefficient (Wildman–Crippen LogP) is 2.35. The van der Waals surface area contributed by atoms with Gasteiger partial charge in [-0.2, -0.15) is 0 Å². The summed E-state index contributed by atoms with van der Waals surface area (Å²) in [6.45, 7) is 3.86. The van der Waals surface area contributed by atoms with Gasteiger partial charge in [0.2, 0.25) is 0 Å². The molecule has 0 spiro atoms. The molecule has 3 nitrogen and oxygen atoms in total. The van der Waals surface area contributed by atoms with Gasteiger partial charge in [-0.15, -0.1) is 0 Å². The smallest absolute Gasteiger partial charge is 0.309 e. The van der Waals surface area contributed by atoms with Crippen molar-refractivity contribution in [3.05, 3.63) is 11.6 Å². The number of rotatable bonds is 5. The van der Waals surface area contributed by atoms with Crippen molar-refractivity contribution in [2.24, 2.45) is 5.92 Å². The van der Waals surface area contributed by atoms with Gasteiger partial charge in [0, 0.05) is 0 Å². The van der Waals surface area contributed by atoms with Crippen LogP contribution in [-0.4, -0.2) is 21.8 Å². The van der Waals surface area contributed by atoms with Crippen LogP contribution in [0.15, 0.2) is 11.6 Å². The average Bonchev–Trinajstić information content (AvgIpc) is 2.48. The average molecular weight is 212 g/mol. The number of hydrogen-bond acceptors (Lipinski definition) is 2. The van der Waals surface area contributed by atoms with Crippen molar-refractivity contribution < 1.29 is 15.0 Å². The van der Waals surface area contributed by atoms with Crippen LogP contribution in [0.5, 0.6) is 0 Å². The zero-order valence-electron chi connectivity index (χ0n) is 9.49. The lowest BCUT2D eigenvalue weighted by atomic mass is 9.79. The summed E-state index contributed by atoms with van der Waals surface area (Å²) in [5.41, 5.74) is -0.271. The second-order valence-corrected chi connectivity index (χ2v) is 4.38. The normalized spacial score (nSPS) is 27.5. The first kappa shape index (κ1) is 12.2. The topological polar surface area (TPSA) is 57.5 Å². The third-order valence-corrected chi connectivity index (χ3v) is 3.38. The monoisotopic (exact) mass is 212 g/mol. The molecule has 0 radical (unpaired) electrons. The standard InChI is InChI=1S/C12H20O3/c1-3-4-7-10(11(13)14)12(15)8-5-6-9(12)2/h6,10,15H,3-5,7-8H2,1-2H3,(H,13,14). The van der Waals surface area contributed by atoms with Gasteiger partial charge in [0.15, 0.2) is 0 Å². The number of aliphatic hydroxyl groups is 1. The van der Waals surface area contributed by atoms with Crippen LogP contribution in [-0.2, 0) is 4.79 Å². The number of allylic oxidation sites excluding steroid dienone is 1. The molecule has 3 heteroatoms. The largest absolute Gasteiger partial charge is 0.481 e. The molecule has 0 aromatic heterocycles. The Hall–Kier alpha value is -0.830. The summed E-state index contributed by atoms with van der Waals surface area (Å²) < 4.78 is 0. The Morgan fingerprint density at radius 1 is 1.67 bits per heavy atom. The Morgan fingerprint density at radius 3 is 2.73 bits per heavy atom. The molecular formula is C12H20O3. The number of carbonyl (C=O) groups is 1. The fraction of sp³-hybridized carbons (Fsp3) is 0.750. The van der Waals surface area contributed by atoms with Gasteiger partial charge >= 0.3 is 5.97 Å².